The number of primary amides is 1. The number of nitrogens with two attached hydrogens (primary N) is 1. The molecular weight excluding hydrogens is 248 g/mol. The average Bonchev–Trinajstić information content (AvgIpc) is 2.83. The van der Waals surface area contributed by atoms with Gasteiger partial charge in [0.15, 0.2) is 0 Å². The van der Waals surface area contributed by atoms with Gasteiger partial charge in [-0.25, -0.2) is 4.79 Å². The van der Waals surface area contributed by atoms with Crippen LogP contribution < -0.4 is 5.73 Å². The smallest absolute Gasteiger partial charge is 0.405 e. The molecule has 2 amide bonds. The van der Waals surface area contributed by atoms with E-state index in [1.165, 1.54) is 4.90 Å². The minimum absolute atomic E-state index is 0.254. The molecule has 0 aromatic heterocycles. The van der Waals surface area contributed by atoms with Gasteiger partial charge in [0, 0.05) is 18.7 Å². The van der Waals surface area contributed by atoms with Crippen LogP contribution in [-0.2, 0) is 9.53 Å². The third-order valence-electron chi connectivity index (χ3n) is 3.04. The lowest BCUT2D eigenvalue weighted by molar-refractivity contribution is -0.139. The minimum Gasteiger partial charge on any atom is -0.431 e. The number of aliphatic hydroxyl groups is 1. The summed E-state index contributed by atoms with van der Waals surface area (Å²) >= 11 is 0. The number of rotatable bonds is 3. The van der Waals surface area contributed by atoms with Crippen molar-refractivity contribution in [2.75, 3.05) is 13.1 Å². The first-order valence-corrected chi connectivity index (χ1v) is 6.06. The first-order valence-electron chi connectivity index (χ1n) is 6.06. The normalized spacial score (nSPS) is 20.1. The van der Waals surface area contributed by atoms with Gasteiger partial charge in [0.25, 0.3) is 5.91 Å². The zero-order valence-electron chi connectivity index (χ0n) is 10.4. The third-order valence-corrected chi connectivity index (χ3v) is 3.04. The Morgan fingerprint density at radius 1 is 1.37 bits per heavy atom. The molecule has 19 heavy (non-hydrogen) atoms. The lowest BCUT2D eigenvalue weighted by atomic mass is 10.1. The fourth-order valence-corrected chi connectivity index (χ4v) is 2.11. The number of ether oxygens (including phenoxy) is 1. The number of carbonyl (C=O) groups excluding carboxylic acids is 2. The highest BCUT2D eigenvalue weighted by atomic mass is 16.6. The van der Waals surface area contributed by atoms with Crippen molar-refractivity contribution in [1.29, 1.82) is 0 Å². The molecule has 2 atom stereocenters. The van der Waals surface area contributed by atoms with Gasteiger partial charge in [0.2, 0.25) is 6.10 Å². The third kappa shape index (κ3) is 3.23. The van der Waals surface area contributed by atoms with E-state index in [1.807, 2.05) is 0 Å². The highest BCUT2D eigenvalue weighted by Crippen LogP contribution is 2.22. The Morgan fingerprint density at radius 3 is 2.58 bits per heavy atom. The molecule has 0 saturated carbocycles. The maximum Gasteiger partial charge on any atom is 0.405 e. The summed E-state index contributed by atoms with van der Waals surface area (Å²) in [5, 5.41) is 9.46. The van der Waals surface area contributed by atoms with Gasteiger partial charge >= 0.3 is 6.09 Å². The summed E-state index contributed by atoms with van der Waals surface area (Å²) in [6.07, 6.45) is -2.04. The van der Waals surface area contributed by atoms with E-state index in [0.717, 1.165) is 0 Å². The van der Waals surface area contributed by atoms with Gasteiger partial charge in [-0.2, -0.15) is 0 Å². The van der Waals surface area contributed by atoms with E-state index in [1.54, 1.807) is 30.3 Å². The van der Waals surface area contributed by atoms with Crippen LogP contribution in [0.5, 0.6) is 0 Å². The van der Waals surface area contributed by atoms with Crippen LogP contribution in [0, 0.1) is 0 Å². The quantitative estimate of drug-likeness (QED) is 0.827. The van der Waals surface area contributed by atoms with Crippen molar-refractivity contribution in [1.82, 2.24) is 4.90 Å². The second-order valence-corrected chi connectivity index (χ2v) is 4.45. The summed E-state index contributed by atoms with van der Waals surface area (Å²) in [6, 6.07) is 8.68. The van der Waals surface area contributed by atoms with Gasteiger partial charge in [-0.3, -0.25) is 4.79 Å². The Morgan fingerprint density at radius 2 is 2.05 bits per heavy atom. The number of aliphatic hydroxyl groups excluding tert-OH is 1. The minimum atomic E-state index is -1.05. The molecular formula is C13H16N2O4. The largest absolute Gasteiger partial charge is 0.431 e. The van der Waals surface area contributed by atoms with Crippen molar-refractivity contribution < 1.29 is 19.4 Å². The molecule has 1 fully saturated rings. The summed E-state index contributed by atoms with van der Waals surface area (Å²) in [6.45, 7) is 0.704. The maximum atomic E-state index is 12.3. The Balaban J connectivity index is 2.18. The van der Waals surface area contributed by atoms with Crippen LogP contribution in [0.2, 0.25) is 0 Å². The van der Waals surface area contributed by atoms with Crippen LogP contribution in [-0.4, -0.2) is 41.2 Å². The zero-order chi connectivity index (χ0) is 13.8. The first kappa shape index (κ1) is 13.4. The van der Waals surface area contributed by atoms with E-state index in [-0.39, 0.29) is 12.5 Å². The molecule has 3 N–H and O–H groups in total. The van der Waals surface area contributed by atoms with Crippen LogP contribution in [0.4, 0.5) is 4.79 Å². The van der Waals surface area contributed by atoms with Crippen molar-refractivity contribution in [2.45, 2.75) is 18.6 Å². The predicted octanol–water partition coefficient (Wildman–Crippen LogP) is 0.416. The molecule has 1 saturated heterocycles. The Kier molecular flexibility index (Phi) is 4.01. The molecule has 102 valence electrons. The fraction of sp³-hybridized carbons (Fsp3) is 0.385. The van der Waals surface area contributed by atoms with Crippen LogP contribution in [0.25, 0.3) is 0 Å². The summed E-state index contributed by atoms with van der Waals surface area (Å²) in [4.78, 5) is 24.7. The molecule has 1 aromatic carbocycles. The molecule has 0 radical (unpaired) electrons. The number of likely N-dealkylation sites (tertiary alicyclic amines) is 1. The molecule has 6 heteroatoms. The maximum absolute atomic E-state index is 12.3. The number of β-amino-alcohol motifs (C(OH)–C–C–N with tert-alkyl or cyclic N) is 1. The van der Waals surface area contributed by atoms with Gasteiger partial charge in [-0.15, -0.1) is 0 Å². The highest BCUT2D eigenvalue weighted by molar-refractivity contribution is 5.84. The van der Waals surface area contributed by atoms with E-state index >= 15 is 0 Å². The lowest BCUT2D eigenvalue weighted by Crippen LogP contribution is -2.36. The summed E-state index contributed by atoms with van der Waals surface area (Å²) in [5.41, 5.74) is 5.58. The SMILES string of the molecule is NC(=O)O[C@H](C(=O)N1CC[C@@H](O)C1)c1ccccc1. The topological polar surface area (TPSA) is 92.9 Å². The van der Waals surface area contributed by atoms with Crippen LogP contribution in [0.15, 0.2) is 30.3 Å². The van der Waals surface area contributed by atoms with Crippen LogP contribution >= 0.6 is 0 Å². The molecule has 0 unspecified atom stereocenters. The highest BCUT2D eigenvalue weighted by Gasteiger charge is 2.32. The molecule has 2 rings (SSSR count). The molecule has 6 nitrogen and oxygen atoms in total. The number of benzene rings is 1. The van der Waals surface area contributed by atoms with Crippen LogP contribution in [0.3, 0.4) is 0 Å². The Bertz CT molecular complexity index is 463. The Labute approximate surface area is 110 Å². The number of amides is 2. The van der Waals surface area contributed by atoms with Gasteiger partial charge in [0.05, 0.1) is 6.10 Å². The molecule has 0 aliphatic carbocycles. The van der Waals surface area contributed by atoms with Crippen LogP contribution in [0.1, 0.15) is 18.1 Å². The molecule has 1 aliphatic rings. The number of hydrogen-bond acceptors (Lipinski definition) is 4. The molecule has 1 heterocycles. The number of nitrogens with zero attached hydrogens (tertiary/aromatic N) is 1. The van der Waals surface area contributed by atoms with E-state index in [4.69, 9.17) is 10.5 Å². The Hall–Kier alpha value is -2.08. The molecule has 1 aliphatic heterocycles. The van der Waals surface area contributed by atoms with Gasteiger partial charge in [-0.1, -0.05) is 30.3 Å². The van der Waals surface area contributed by atoms with Gasteiger partial charge in [-0.05, 0) is 6.42 Å². The van der Waals surface area contributed by atoms with Gasteiger partial charge in [0.1, 0.15) is 0 Å². The monoisotopic (exact) mass is 264 g/mol. The van der Waals surface area contributed by atoms with E-state index < -0.39 is 18.3 Å². The zero-order valence-corrected chi connectivity index (χ0v) is 10.4. The van der Waals surface area contributed by atoms with E-state index in [2.05, 4.69) is 0 Å². The van der Waals surface area contributed by atoms with Gasteiger partial charge < -0.3 is 20.5 Å². The second kappa shape index (κ2) is 5.71. The van der Waals surface area contributed by atoms with E-state index in [0.29, 0.717) is 18.5 Å². The summed E-state index contributed by atoms with van der Waals surface area (Å²) in [7, 11) is 0. The molecule has 0 bridgehead atoms. The lowest BCUT2D eigenvalue weighted by Gasteiger charge is -2.22. The van der Waals surface area contributed by atoms with E-state index in [9.17, 15) is 14.7 Å². The van der Waals surface area contributed by atoms with Crippen molar-refractivity contribution in [3.8, 4) is 0 Å². The van der Waals surface area contributed by atoms with Crippen molar-refractivity contribution in [3.63, 3.8) is 0 Å². The second-order valence-electron chi connectivity index (χ2n) is 4.45. The standard InChI is InChI=1S/C13H16N2O4/c14-13(18)19-11(9-4-2-1-3-5-9)12(17)15-7-6-10(16)8-15/h1-5,10-11,16H,6-8H2,(H2,14,18)/t10-,11+/m1/s1. The number of hydrogen-bond donors (Lipinski definition) is 2. The summed E-state index contributed by atoms with van der Waals surface area (Å²) < 4.78 is 4.91. The van der Waals surface area contributed by atoms with Crippen molar-refractivity contribution >= 4 is 12.0 Å². The summed E-state index contributed by atoms with van der Waals surface area (Å²) in [5.74, 6) is -0.360. The van der Waals surface area contributed by atoms with Crippen molar-refractivity contribution in [3.05, 3.63) is 35.9 Å². The first-order chi connectivity index (χ1) is 9.08. The number of carbonyl (C=O) groups is 2. The predicted molar refractivity (Wildman–Crippen MR) is 67.1 cm³/mol. The molecule has 1 aromatic rings. The molecule has 0 spiro atoms. The van der Waals surface area contributed by atoms with Crippen molar-refractivity contribution in [2.24, 2.45) is 5.73 Å². The average molecular weight is 264 g/mol. The fourth-order valence-electron chi connectivity index (χ4n) is 2.11.